The van der Waals surface area contributed by atoms with Gasteiger partial charge in [0.1, 0.15) is 5.75 Å². The number of piperidine rings is 1. The van der Waals surface area contributed by atoms with Crippen LogP contribution in [0.4, 0.5) is 0 Å². The van der Waals surface area contributed by atoms with E-state index in [0.717, 1.165) is 16.9 Å². The molecule has 0 unspecified atom stereocenters. The molecule has 0 saturated carbocycles. The summed E-state index contributed by atoms with van der Waals surface area (Å²) in [6.07, 6.45) is 1.89. The average Bonchev–Trinajstić information content (AvgIpc) is 2.73. The van der Waals surface area contributed by atoms with Crippen molar-refractivity contribution in [1.29, 1.82) is 0 Å². The number of likely N-dealkylation sites (tertiary alicyclic amines) is 1. The quantitative estimate of drug-likeness (QED) is 0.795. The van der Waals surface area contributed by atoms with Crippen LogP contribution in [0.5, 0.6) is 5.75 Å². The van der Waals surface area contributed by atoms with E-state index in [2.05, 4.69) is 0 Å². The molecule has 1 saturated heterocycles. The molecule has 1 amide bonds. The number of hydrogen-bond acceptors (Lipinski definition) is 3. The molecule has 0 aromatic heterocycles. The molecule has 0 aliphatic carbocycles. The summed E-state index contributed by atoms with van der Waals surface area (Å²) < 4.78 is 5.63. The average molecular weight is 381 g/mol. The molecule has 2 aromatic carbocycles. The Bertz CT molecular complexity index is 810. The van der Waals surface area contributed by atoms with Crippen molar-refractivity contribution in [2.24, 2.45) is 0 Å². The van der Waals surface area contributed by atoms with E-state index in [9.17, 15) is 14.7 Å². The molecule has 3 rings (SSSR count). The van der Waals surface area contributed by atoms with E-state index in [0.29, 0.717) is 45.4 Å². The molecule has 5 nitrogen and oxygen atoms in total. The second-order valence-corrected chi connectivity index (χ2v) is 7.17. The second kappa shape index (κ2) is 8.91. The maximum absolute atomic E-state index is 12.7. The van der Waals surface area contributed by atoms with Crippen LogP contribution in [0.3, 0.4) is 0 Å². The normalized spacial score (nSPS) is 15.8. The molecule has 1 aliphatic heterocycles. The molecule has 1 aliphatic rings. The van der Waals surface area contributed by atoms with Gasteiger partial charge in [0.15, 0.2) is 0 Å². The summed E-state index contributed by atoms with van der Waals surface area (Å²) >= 11 is 0. The van der Waals surface area contributed by atoms with Gasteiger partial charge in [-0.25, -0.2) is 0 Å². The van der Waals surface area contributed by atoms with E-state index in [4.69, 9.17) is 4.74 Å². The van der Waals surface area contributed by atoms with Gasteiger partial charge in [0.2, 0.25) is 5.91 Å². The highest BCUT2D eigenvalue weighted by molar-refractivity contribution is 5.83. The van der Waals surface area contributed by atoms with E-state index in [1.54, 1.807) is 4.90 Å². The first-order valence-electron chi connectivity index (χ1n) is 9.84. The zero-order chi connectivity index (χ0) is 20.0. The summed E-state index contributed by atoms with van der Waals surface area (Å²) in [6.45, 7) is 3.46. The zero-order valence-electron chi connectivity index (χ0n) is 16.3. The summed E-state index contributed by atoms with van der Waals surface area (Å²) in [5.74, 6) is 0.0835. The predicted octanol–water partition coefficient (Wildman–Crippen LogP) is 3.66. The van der Waals surface area contributed by atoms with Crippen molar-refractivity contribution in [3.63, 3.8) is 0 Å². The number of aliphatic carboxylic acids is 1. The Hall–Kier alpha value is -2.82. The van der Waals surface area contributed by atoms with E-state index >= 15 is 0 Å². The van der Waals surface area contributed by atoms with Gasteiger partial charge >= 0.3 is 5.97 Å². The molecule has 0 bridgehead atoms. The summed E-state index contributed by atoms with van der Waals surface area (Å²) in [4.78, 5) is 26.5. The maximum Gasteiger partial charge on any atom is 0.314 e. The molecule has 2 aromatic rings. The lowest BCUT2D eigenvalue weighted by Crippen LogP contribution is -2.49. The molecular weight excluding hydrogens is 354 g/mol. The minimum atomic E-state index is -0.903. The predicted molar refractivity (Wildman–Crippen MR) is 108 cm³/mol. The molecule has 1 heterocycles. The number of carbonyl (C=O) groups is 2. The second-order valence-electron chi connectivity index (χ2n) is 7.17. The van der Waals surface area contributed by atoms with Crippen LogP contribution in [0.25, 0.3) is 0 Å². The van der Waals surface area contributed by atoms with Crippen LogP contribution in [0.2, 0.25) is 0 Å². The summed E-state index contributed by atoms with van der Waals surface area (Å²) in [7, 11) is 0. The van der Waals surface area contributed by atoms with Gasteiger partial charge in [-0.1, -0.05) is 48.5 Å². The number of benzene rings is 2. The van der Waals surface area contributed by atoms with E-state index in [1.807, 2.05) is 61.5 Å². The first-order valence-corrected chi connectivity index (χ1v) is 9.84. The molecule has 1 N–H and O–H groups in total. The molecule has 148 valence electrons. The van der Waals surface area contributed by atoms with E-state index in [-0.39, 0.29) is 5.91 Å². The minimum absolute atomic E-state index is 0.0679. The van der Waals surface area contributed by atoms with Crippen LogP contribution in [0, 0.1) is 0 Å². The monoisotopic (exact) mass is 381 g/mol. The van der Waals surface area contributed by atoms with Crippen molar-refractivity contribution < 1.29 is 19.4 Å². The summed E-state index contributed by atoms with van der Waals surface area (Å²) in [6, 6.07) is 17.1. The standard InChI is InChI=1S/C23H27NO4/c1-2-28-20-11-7-6-8-18(20)12-13-21(25)24-16-14-23(15-17-24,22(26)27)19-9-4-3-5-10-19/h3-11H,2,12-17H2,1H3,(H,26,27). The highest BCUT2D eigenvalue weighted by Crippen LogP contribution is 2.36. The van der Waals surface area contributed by atoms with Crippen LogP contribution in [0.15, 0.2) is 54.6 Å². The van der Waals surface area contributed by atoms with Crippen molar-refractivity contribution in [3.05, 3.63) is 65.7 Å². The Balaban J connectivity index is 1.61. The van der Waals surface area contributed by atoms with Crippen LogP contribution >= 0.6 is 0 Å². The van der Waals surface area contributed by atoms with Crippen LogP contribution in [-0.2, 0) is 21.4 Å². The van der Waals surface area contributed by atoms with Gasteiger partial charge in [-0.3, -0.25) is 9.59 Å². The maximum atomic E-state index is 12.7. The number of carboxylic acid groups (broad SMARTS) is 1. The molecule has 0 atom stereocenters. The van der Waals surface area contributed by atoms with Gasteiger partial charge in [0.05, 0.1) is 12.0 Å². The van der Waals surface area contributed by atoms with Gasteiger partial charge in [-0.15, -0.1) is 0 Å². The van der Waals surface area contributed by atoms with Gasteiger partial charge in [0, 0.05) is 19.5 Å². The Morgan fingerprint density at radius 3 is 2.32 bits per heavy atom. The van der Waals surface area contributed by atoms with Crippen LogP contribution in [-0.4, -0.2) is 41.6 Å². The summed E-state index contributed by atoms with van der Waals surface area (Å²) in [5.41, 5.74) is 0.943. The third-order valence-electron chi connectivity index (χ3n) is 5.59. The highest BCUT2D eigenvalue weighted by Gasteiger charge is 2.43. The minimum Gasteiger partial charge on any atom is -0.494 e. The zero-order valence-corrected chi connectivity index (χ0v) is 16.3. The molecule has 5 heteroatoms. The lowest BCUT2D eigenvalue weighted by molar-refractivity contribution is -0.148. The Morgan fingerprint density at radius 2 is 1.68 bits per heavy atom. The van der Waals surface area contributed by atoms with Crippen molar-refractivity contribution >= 4 is 11.9 Å². The molecular formula is C23H27NO4. The fourth-order valence-corrected chi connectivity index (χ4v) is 3.93. The number of carboxylic acids is 1. The fourth-order valence-electron chi connectivity index (χ4n) is 3.93. The van der Waals surface area contributed by atoms with Crippen molar-refractivity contribution in [1.82, 2.24) is 4.90 Å². The number of rotatable bonds is 7. The topological polar surface area (TPSA) is 66.8 Å². The number of para-hydroxylation sites is 1. The third kappa shape index (κ3) is 4.19. The van der Waals surface area contributed by atoms with E-state index in [1.165, 1.54) is 0 Å². The molecule has 1 fully saturated rings. The SMILES string of the molecule is CCOc1ccccc1CCC(=O)N1CCC(C(=O)O)(c2ccccc2)CC1. The molecule has 28 heavy (non-hydrogen) atoms. The Morgan fingerprint density at radius 1 is 1.04 bits per heavy atom. The van der Waals surface area contributed by atoms with Gasteiger partial charge in [-0.2, -0.15) is 0 Å². The number of ether oxygens (including phenoxy) is 1. The highest BCUT2D eigenvalue weighted by atomic mass is 16.5. The number of aryl methyl sites for hydroxylation is 1. The van der Waals surface area contributed by atoms with Crippen molar-refractivity contribution in [2.75, 3.05) is 19.7 Å². The number of hydrogen-bond donors (Lipinski definition) is 1. The number of amides is 1. The van der Waals surface area contributed by atoms with Gasteiger partial charge < -0.3 is 14.7 Å². The number of nitrogens with zero attached hydrogens (tertiary/aromatic N) is 1. The smallest absolute Gasteiger partial charge is 0.314 e. The van der Waals surface area contributed by atoms with Crippen molar-refractivity contribution in [2.45, 2.75) is 38.0 Å². The largest absolute Gasteiger partial charge is 0.494 e. The number of carbonyl (C=O) groups excluding carboxylic acids is 1. The molecule has 0 spiro atoms. The Labute approximate surface area is 165 Å². The third-order valence-corrected chi connectivity index (χ3v) is 5.59. The lowest BCUT2D eigenvalue weighted by atomic mass is 9.73. The van der Waals surface area contributed by atoms with Crippen LogP contribution in [0.1, 0.15) is 37.3 Å². The molecule has 0 radical (unpaired) electrons. The van der Waals surface area contributed by atoms with E-state index < -0.39 is 11.4 Å². The lowest BCUT2D eigenvalue weighted by Gasteiger charge is -2.39. The van der Waals surface area contributed by atoms with Gasteiger partial charge in [0.25, 0.3) is 0 Å². The van der Waals surface area contributed by atoms with Gasteiger partial charge in [-0.05, 0) is 43.4 Å². The Kier molecular flexibility index (Phi) is 6.34. The fraction of sp³-hybridized carbons (Fsp3) is 0.391. The first-order chi connectivity index (χ1) is 13.6. The van der Waals surface area contributed by atoms with Crippen LogP contribution < -0.4 is 4.74 Å². The van der Waals surface area contributed by atoms with Crippen molar-refractivity contribution in [3.8, 4) is 5.75 Å². The summed E-state index contributed by atoms with van der Waals surface area (Å²) in [5, 5.41) is 9.88. The first kappa shape index (κ1) is 19.9.